The summed E-state index contributed by atoms with van der Waals surface area (Å²) in [6.45, 7) is 0. The van der Waals surface area contributed by atoms with E-state index in [1.807, 2.05) is 0 Å². The summed E-state index contributed by atoms with van der Waals surface area (Å²) in [7, 11) is 3.95. The van der Waals surface area contributed by atoms with Gasteiger partial charge in [0.25, 0.3) is 5.56 Å². The van der Waals surface area contributed by atoms with Crippen LogP contribution in [0.4, 0.5) is 5.82 Å². The van der Waals surface area contributed by atoms with Gasteiger partial charge >= 0.3 is 11.9 Å². The summed E-state index contributed by atoms with van der Waals surface area (Å²) >= 11 is 0. The monoisotopic (exact) mass is 344 g/mol. The standard InChI is InChI=1S/C16H16N4O5/c1-19-14(21)10-7-5-4-6-9(10)13(18-19)20-12(16(23)25-3)11(8-17-20)15(22)24-2/h4-8,11-12H,1-3H3/t11-,12-/m0/s1. The lowest BCUT2D eigenvalue weighted by Crippen LogP contribution is -2.44. The molecule has 0 saturated heterocycles. The molecule has 2 heterocycles. The summed E-state index contributed by atoms with van der Waals surface area (Å²) in [6.07, 6.45) is 1.31. The van der Waals surface area contributed by atoms with Crippen molar-refractivity contribution in [3.05, 3.63) is 34.6 Å². The predicted octanol–water partition coefficient (Wildman–Crippen LogP) is 0.0701. The number of hydrogen-bond acceptors (Lipinski definition) is 8. The molecule has 0 unspecified atom stereocenters. The first-order valence-corrected chi connectivity index (χ1v) is 7.44. The number of aryl methyl sites for hydroxylation is 1. The average Bonchev–Trinajstić information content (AvgIpc) is 3.08. The molecule has 2 atom stereocenters. The van der Waals surface area contributed by atoms with E-state index in [1.165, 1.54) is 32.5 Å². The van der Waals surface area contributed by atoms with Crippen LogP contribution < -0.4 is 10.6 Å². The number of nitrogens with zero attached hydrogens (tertiary/aromatic N) is 4. The van der Waals surface area contributed by atoms with Crippen LogP contribution in [0.2, 0.25) is 0 Å². The summed E-state index contributed by atoms with van der Waals surface area (Å²) < 4.78 is 10.7. The maximum atomic E-state index is 12.3. The molecule has 0 N–H and O–H groups in total. The van der Waals surface area contributed by atoms with Crippen LogP contribution in [-0.4, -0.2) is 48.2 Å². The first-order chi connectivity index (χ1) is 12.0. The van der Waals surface area contributed by atoms with Gasteiger partial charge in [-0.2, -0.15) is 5.10 Å². The van der Waals surface area contributed by atoms with Gasteiger partial charge in [-0.15, -0.1) is 5.10 Å². The molecule has 1 aliphatic heterocycles. The number of fused-ring (bicyclic) bond motifs is 1. The third kappa shape index (κ3) is 2.63. The number of carbonyl (C=O) groups is 2. The van der Waals surface area contributed by atoms with Crippen LogP contribution in [0.1, 0.15) is 0 Å². The molecule has 9 nitrogen and oxygen atoms in total. The Balaban J connectivity index is 2.19. The van der Waals surface area contributed by atoms with Crippen LogP contribution in [0, 0.1) is 5.92 Å². The number of ether oxygens (including phenoxy) is 2. The maximum absolute atomic E-state index is 12.3. The summed E-state index contributed by atoms with van der Waals surface area (Å²) in [5, 5.41) is 10.6. The lowest BCUT2D eigenvalue weighted by atomic mass is 10.0. The molecular formula is C16H16N4O5. The molecule has 1 aliphatic rings. The fourth-order valence-electron chi connectivity index (χ4n) is 2.78. The highest BCUT2D eigenvalue weighted by atomic mass is 16.5. The van der Waals surface area contributed by atoms with Crippen molar-refractivity contribution in [2.24, 2.45) is 18.1 Å². The van der Waals surface area contributed by atoms with E-state index in [4.69, 9.17) is 9.47 Å². The third-order valence-electron chi connectivity index (χ3n) is 4.03. The van der Waals surface area contributed by atoms with Gasteiger partial charge < -0.3 is 9.47 Å². The Hall–Kier alpha value is -3.23. The molecule has 0 aliphatic carbocycles. The highest BCUT2D eigenvalue weighted by Gasteiger charge is 2.44. The lowest BCUT2D eigenvalue weighted by molar-refractivity contribution is -0.150. The molecule has 0 bridgehead atoms. The van der Waals surface area contributed by atoms with Gasteiger partial charge in [-0.05, 0) is 6.07 Å². The van der Waals surface area contributed by atoms with E-state index in [1.54, 1.807) is 24.3 Å². The number of benzene rings is 1. The zero-order valence-electron chi connectivity index (χ0n) is 13.9. The Kier molecular flexibility index (Phi) is 4.22. The number of rotatable bonds is 3. The summed E-state index contributed by atoms with van der Waals surface area (Å²) in [5.74, 6) is -1.94. The topological polar surface area (TPSA) is 103 Å². The zero-order chi connectivity index (χ0) is 18.1. The summed E-state index contributed by atoms with van der Waals surface area (Å²) in [5.41, 5.74) is -0.276. The first-order valence-electron chi connectivity index (χ1n) is 7.44. The fourth-order valence-corrected chi connectivity index (χ4v) is 2.78. The number of aromatic nitrogens is 2. The second kappa shape index (κ2) is 6.34. The van der Waals surface area contributed by atoms with Crippen LogP contribution >= 0.6 is 0 Å². The minimum absolute atomic E-state index is 0.274. The van der Waals surface area contributed by atoms with Crippen LogP contribution in [0.3, 0.4) is 0 Å². The van der Waals surface area contributed by atoms with Crippen LogP contribution in [0.25, 0.3) is 10.8 Å². The van der Waals surface area contributed by atoms with E-state index in [2.05, 4.69) is 10.2 Å². The number of esters is 2. The van der Waals surface area contributed by atoms with E-state index >= 15 is 0 Å². The van der Waals surface area contributed by atoms with E-state index in [0.29, 0.717) is 10.8 Å². The van der Waals surface area contributed by atoms with Gasteiger partial charge in [-0.25, -0.2) is 14.5 Å². The quantitative estimate of drug-likeness (QED) is 0.726. The van der Waals surface area contributed by atoms with Crippen LogP contribution in [-0.2, 0) is 26.1 Å². The number of anilines is 1. The van der Waals surface area contributed by atoms with E-state index in [0.717, 1.165) is 4.68 Å². The third-order valence-corrected chi connectivity index (χ3v) is 4.03. The van der Waals surface area contributed by atoms with Gasteiger partial charge in [-0.1, -0.05) is 18.2 Å². The Labute approximate surface area is 142 Å². The number of methoxy groups -OCH3 is 2. The molecule has 1 aromatic carbocycles. The highest BCUT2D eigenvalue weighted by Crippen LogP contribution is 2.30. The molecule has 0 radical (unpaired) electrons. The van der Waals surface area contributed by atoms with Gasteiger partial charge in [0.15, 0.2) is 11.9 Å². The molecule has 2 aromatic rings. The van der Waals surface area contributed by atoms with Crippen molar-refractivity contribution in [1.82, 2.24) is 9.78 Å². The van der Waals surface area contributed by atoms with Crippen molar-refractivity contribution in [2.75, 3.05) is 19.2 Å². The second-order valence-corrected chi connectivity index (χ2v) is 5.42. The SMILES string of the molecule is COC(=O)[C@H]1C=NN(c2nn(C)c(=O)c3ccccc23)[C@@H]1C(=O)OC. The normalized spacial score (nSPS) is 19.2. The van der Waals surface area contributed by atoms with E-state index < -0.39 is 23.9 Å². The Morgan fingerprint density at radius 3 is 2.36 bits per heavy atom. The molecule has 0 saturated carbocycles. The lowest BCUT2D eigenvalue weighted by Gasteiger charge is -2.24. The number of hydrogen-bond donors (Lipinski definition) is 0. The van der Waals surface area contributed by atoms with Crippen LogP contribution in [0.5, 0.6) is 0 Å². The largest absolute Gasteiger partial charge is 0.468 e. The van der Waals surface area contributed by atoms with E-state index in [9.17, 15) is 14.4 Å². The summed E-state index contributed by atoms with van der Waals surface area (Å²) in [6, 6.07) is 5.78. The average molecular weight is 344 g/mol. The van der Waals surface area contributed by atoms with Gasteiger partial charge in [0.2, 0.25) is 0 Å². The van der Waals surface area contributed by atoms with Gasteiger partial charge in [-0.3, -0.25) is 9.59 Å². The first kappa shape index (κ1) is 16.6. The Morgan fingerprint density at radius 2 is 1.72 bits per heavy atom. The predicted molar refractivity (Wildman–Crippen MR) is 89.3 cm³/mol. The Bertz CT molecular complexity index is 936. The Morgan fingerprint density at radius 1 is 1.08 bits per heavy atom. The molecule has 9 heteroatoms. The minimum Gasteiger partial charge on any atom is -0.468 e. The van der Waals surface area contributed by atoms with Crippen molar-refractivity contribution in [2.45, 2.75) is 6.04 Å². The molecular weight excluding hydrogens is 328 g/mol. The zero-order valence-corrected chi connectivity index (χ0v) is 13.9. The highest BCUT2D eigenvalue weighted by molar-refractivity contribution is 6.02. The second-order valence-electron chi connectivity index (χ2n) is 5.42. The van der Waals surface area contributed by atoms with Crippen molar-refractivity contribution in [3.63, 3.8) is 0 Å². The van der Waals surface area contributed by atoms with Gasteiger partial charge in [0.1, 0.15) is 5.92 Å². The number of carbonyl (C=O) groups excluding carboxylic acids is 2. The molecule has 130 valence electrons. The van der Waals surface area contributed by atoms with Crippen molar-refractivity contribution in [3.8, 4) is 0 Å². The molecule has 25 heavy (non-hydrogen) atoms. The van der Waals surface area contributed by atoms with Crippen molar-refractivity contribution >= 4 is 34.7 Å². The smallest absolute Gasteiger partial charge is 0.332 e. The molecule has 0 amide bonds. The summed E-state index contributed by atoms with van der Waals surface area (Å²) in [4.78, 5) is 36.5. The fraction of sp³-hybridized carbons (Fsp3) is 0.312. The van der Waals surface area contributed by atoms with Crippen molar-refractivity contribution < 1.29 is 19.1 Å². The maximum Gasteiger partial charge on any atom is 0.332 e. The van der Waals surface area contributed by atoms with Gasteiger partial charge in [0.05, 0.1) is 19.6 Å². The van der Waals surface area contributed by atoms with Crippen molar-refractivity contribution in [1.29, 1.82) is 0 Å². The molecule has 0 fully saturated rings. The molecule has 0 spiro atoms. The molecule has 3 rings (SSSR count). The van der Waals surface area contributed by atoms with E-state index in [-0.39, 0.29) is 11.4 Å². The van der Waals surface area contributed by atoms with Gasteiger partial charge in [0, 0.05) is 18.6 Å². The van der Waals surface area contributed by atoms with Crippen LogP contribution in [0.15, 0.2) is 34.2 Å². The number of hydrazone groups is 1. The minimum atomic E-state index is -1.06. The molecule has 1 aromatic heterocycles.